The Morgan fingerprint density at radius 2 is 1.87 bits per heavy atom. The zero-order valence-corrected chi connectivity index (χ0v) is 13.2. The molecule has 23 heavy (non-hydrogen) atoms. The van der Waals surface area contributed by atoms with Crippen molar-refractivity contribution in [2.75, 3.05) is 5.75 Å². The molecule has 116 valence electrons. The third kappa shape index (κ3) is 3.60. The lowest BCUT2D eigenvalue weighted by molar-refractivity contribution is 0.102. The summed E-state index contributed by atoms with van der Waals surface area (Å²) in [6, 6.07) is 14.1. The molecular weight excluding hydrogens is 312 g/mol. The molecule has 1 N–H and O–H groups in total. The van der Waals surface area contributed by atoms with Gasteiger partial charge in [-0.05, 0) is 19.1 Å². The van der Waals surface area contributed by atoms with E-state index in [4.69, 9.17) is 4.42 Å². The highest BCUT2D eigenvalue weighted by atomic mass is 32.2. The van der Waals surface area contributed by atoms with Crippen LogP contribution in [0, 0.1) is 6.92 Å². The second-order valence-corrected chi connectivity index (χ2v) is 5.89. The number of phenolic OH excluding ortho intramolecular Hbond substituents is 1. The Labute approximate surface area is 137 Å². The van der Waals surface area contributed by atoms with Gasteiger partial charge in [-0.25, -0.2) is 0 Å². The zero-order valence-electron chi connectivity index (χ0n) is 12.4. The van der Waals surface area contributed by atoms with Crippen molar-refractivity contribution < 1.29 is 14.3 Å². The lowest BCUT2D eigenvalue weighted by Gasteiger charge is -2.00. The van der Waals surface area contributed by atoms with Crippen molar-refractivity contribution in [2.45, 2.75) is 12.1 Å². The predicted molar refractivity (Wildman–Crippen MR) is 87.6 cm³/mol. The van der Waals surface area contributed by atoms with E-state index in [0.717, 1.165) is 5.56 Å². The summed E-state index contributed by atoms with van der Waals surface area (Å²) in [6.07, 6.45) is 0. The Kier molecular flexibility index (Phi) is 4.43. The Morgan fingerprint density at radius 3 is 2.61 bits per heavy atom. The average molecular weight is 326 g/mol. The van der Waals surface area contributed by atoms with Crippen LogP contribution in [0.1, 0.15) is 15.9 Å². The lowest BCUT2D eigenvalue weighted by atomic mass is 10.1. The van der Waals surface area contributed by atoms with Crippen LogP contribution in [0.25, 0.3) is 11.5 Å². The average Bonchev–Trinajstić information content (AvgIpc) is 3.02. The number of nitrogens with zero attached hydrogens (tertiary/aromatic N) is 2. The molecule has 0 aliphatic heterocycles. The maximum atomic E-state index is 12.1. The van der Waals surface area contributed by atoms with Crippen molar-refractivity contribution in [3.63, 3.8) is 0 Å². The van der Waals surface area contributed by atoms with E-state index in [1.165, 1.54) is 11.8 Å². The first-order chi connectivity index (χ1) is 11.1. The number of hydrogen-bond donors (Lipinski definition) is 1. The van der Waals surface area contributed by atoms with Gasteiger partial charge in [0.05, 0.1) is 11.3 Å². The number of phenols is 1. The number of aryl methyl sites for hydroxylation is 1. The molecule has 0 unspecified atom stereocenters. The zero-order chi connectivity index (χ0) is 16.2. The van der Waals surface area contributed by atoms with Gasteiger partial charge in [0, 0.05) is 5.56 Å². The molecule has 0 bridgehead atoms. The molecule has 0 aliphatic carbocycles. The van der Waals surface area contributed by atoms with Crippen LogP contribution in [0.2, 0.25) is 0 Å². The summed E-state index contributed by atoms with van der Waals surface area (Å²) >= 11 is 1.18. The summed E-state index contributed by atoms with van der Waals surface area (Å²) < 4.78 is 5.48. The van der Waals surface area contributed by atoms with Crippen molar-refractivity contribution >= 4 is 17.5 Å². The summed E-state index contributed by atoms with van der Waals surface area (Å²) in [4.78, 5) is 12.1. The number of aromatic nitrogens is 2. The SMILES string of the molecule is Cc1ccc(C(=O)CSc2nnc(-c3ccccc3O)o2)cc1. The molecule has 0 atom stereocenters. The number of ketones is 1. The molecule has 0 saturated carbocycles. The topological polar surface area (TPSA) is 76.2 Å². The van der Waals surface area contributed by atoms with Gasteiger partial charge in [0.25, 0.3) is 11.1 Å². The van der Waals surface area contributed by atoms with Gasteiger partial charge in [-0.15, -0.1) is 10.2 Å². The first kappa shape index (κ1) is 15.3. The number of thioether (sulfide) groups is 1. The minimum atomic E-state index is -0.00249. The van der Waals surface area contributed by atoms with E-state index in [2.05, 4.69) is 10.2 Å². The number of rotatable bonds is 5. The molecule has 6 heteroatoms. The van der Waals surface area contributed by atoms with Crippen molar-refractivity contribution in [1.82, 2.24) is 10.2 Å². The molecule has 3 aromatic rings. The Hall–Kier alpha value is -2.60. The number of carbonyl (C=O) groups excluding carboxylic acids is 1. The molecule has 0 radical (unpaired) electrons. The third-order valence-electron chi connectivity index (χ3n) is 3.24. The van der Waals surface area contributed by atoms with E-state index >= 15 is 0 Å². The fourth-order valence-corrected chi connectivity index (χ4v) is 2.64. The van der Waals surface area contributed by atoms with Crippen LogP contribution in [0.15, 0.2) is 58.2 Å². The van der Waals surface area contributed by atoms with Gasteiger partial charge in [0.15, 0.2) is 5.78 Å². The smallest absolute Gasteiger partial charge is 0.277 e. The Morgan fingerprint density at radius 1 is 1.13 bits per heavy atom. The van der Waals surface area contributed by atoms with Crippen molar-refractivity contribution in [1.29, 1.82) is 0 Å². The molecule has 0 aliphatic rings. The van der Waals surface area contributed by atoms with Crippen LogP contribution in [0.3, 0.4) is 0 Å². The van der Waals surface area contributed by atoms with Crippen LogP contribution in [-0.2, 0) is 0 Å². The quantitative estimate of drug-likeness (QED) is 0.569. The lowest BCUT2D eigenvalue weighted by Crippen LogP contribution is -2.02. The van der Waals surface area contributed by atoms with Crippen LogP contribution in [0.5, 0.6) is 5.75 Å². The van der Waals surface area contributed by atoms with Crippen LogP contribution in [0.4, 0.5) is 0 Å². The minimum Gasteiger partial charge on any atom is -0.507 e. The monoisotopic (exact) mass is 326 g/mol. The normalized spacial score (nSPS) is 10.7. The van der Waals surface area contributed by atoms with Crippen molar-refractivity contribution in [3.8, 4) is 17.2 Å². The van der Waals surface area contributed by atoms with E-state index in [1.807, 2.05) is 19.1 Å². The standard InChI is InChI=1S/C17H14N2O3S/c1-11-6-8-12(9-7-11)15(21)10-23-17-19-18-16(22-17)13-4-2-3-5-14(13)20/h2-9,20H,10H2,1H3. The second kappa shape index (κ2) is 6.66. The van der Waals surface area contributed by atoms with Crippen LogP contribution >= 0.6 is 11.8 Å². The summed E-state index contributed by atoms with van der Waals surface area (Å²) in [5.74, 6) is 0.514. The van der Waals surface area contributed by atoms with Crippen molar-refractivity contribution in [3.05, 3.63) is 59.7 Å². The summed E-state index contributed by atoms with van der Waals surface area (Å²) in [5.41, 5.74) is 2.23. The van der Waals surface area contributed by atoms with E-state index < -0.39 is 0 Å². The van der Waals surface area contributed by atoms with Gasteiger partial charge in [-0.2, -0.15) is 0 Å². The summed E-state index contributed by atoms with van der Waals surface area (Å²) in [7, 11) is 0. The molecular formula is C17H14N2O3S. The predicted octanol–water partition coefficient (Wildman–Crippen LogP) is 3.73. The molecule has 0 saturated heterocycles. The van der Waals surface area contributed by atoms with Gasteiger partial charge < -0.3 is 9.52 Å². The highest BCUT2D eigenvalue weighted by Gasteiger charge is 2.14. The van der Waals surface area contributed by atoms with E-state index in [-0.39, 0.29) is 23.2 Å². The molecule has 0 fully saturated rings. The first-order valence-electron chi connectivity index (χ1n) is 6.98. The number of benzene rings is 2. The third-order valence-corrected chi connectivity index (χ3v) is 4.06. The first-order valence-corrected chi connectivity index (χ1v) is 7.96. The van der Waals surface area contributed by atoms with Gasteiger partial charge in [0.1, 0.15) is 5.75 Å². The molecule has 3 rings (SSSR count). The molecule has 1 aromatic heterocycles. The molecule has 0 amide bonds. The van der Waals surface area contributed by atoms with E-state index in [1.54, 1.807) is 36.4 Å². The molecule has 2 aromatic carbocycles. The van der Waals surface area contributed by atoms with Gasteiger partial charge in [-0.3, -0.25) is 4.79 Å². The molecule has 5 nitrogen and oxygen atoms in total. The van der Waals surface area contributed by atoms with E-state index in [9.17, 15) is 9.90 Å². The number of carbonyl (C=O) groups is 1. The van der Waals surface area contributed by atoms with Gasteiger partial charge in [0.2, 0.25) is 0 Å². The Bertz CT molecular complexity index is 828. The van der Waals surface area contributed by atoms with Gasteiger partial charge in [-0.1, -0.05) is 53.7 Å². The fourth-order valence-electron chi connectivity index (χ4n) is 1.98. The van der Waals surface area contributed by atoms with Crippen molar-refractivity contribution in [2.24, 2.45) is 0 Å². The summed E-state index contributed by atoms with van der Waals surface area (Å²) in [6.45, 7) is 1.97. The number of para-hydroxylation sites is 1. The Balaban J connectivity index is 1.67. The number of hydrogen-bond acceptors (Lipinski definition) is 6. The van der Waals surface area contributed by atoms with Gasteiger partial charge >= 0.3 is 0 Å². The highest BCUT2D eigenvalue weighted by molar-refractivity contribution is 7.99. The van der Waals surface area contributed by atoms with Crippen LogP contribution < -0.4 is 0 Å². The van der Waals surface area contributed by atoms with Crippen LogP contribution in [-0.4, -0.2) is 26.8 Å². The summed E-state index contributed by atoms with van der Waals surface area (Å²) in [5, 5.41) is 17.9. The highest BCUT2D eigenvalue weighted by Crippen LogP contribution is 2.29. The maximum Gasteiger partial charge on any atom is 0.277 e. The number of aromatic hydroxyl groups is 1. The van der Waals surface area contributed by atoms with E-state index in [0.29, 0.717) is 16.3 Å². The number of Topliss-reactive ketones (excluding diaryl/α,β-unsaturated/α-hetero) is 1. The fraction of sp³-hybridized carbons (Fsp3) is 0.118. The largest absolute Gasteiger partial charge is 0.507 e. The second-order valence-electron chi connectivity index (χ2n) is 4.97. The molecule has 1 heterocycles. The maximum absolute atomic E-state index is 12.1. The molecule has 0 spiro atoms. The minimum absolute atomic E-state index is 0.00249.